The molecule has 1 atom stereocenters. The zero-order chi connectivity index (χ0) is 13.3. The van der Waals surface area contributed by atoms with Gasteiger partial charge in [-0.1, -0.05) is 12.1 Å². The number of hydrogen-bond acceptors (Lipinski definition) is 3. The summed E-state index contributed by atoms with van der Waals surface area (Å²) in [6.45, 7) is 6.40. The van der Waals surface area contributed by atoms with Gasteiger partial charge < -0.3 is 10.0 Å². The van der Waals surface area contributed by atoms with Crippen molar-refractivity contribution in [3.63, 3.8) is 0 Å². The van der Waals surface area contributed by atoms with Gasteiger partial charge in [-0.3, -0.25) is 9.69 Å². The Labute approximate surface area is 108 Å². The van der Waals surface area contributed by atoms with Crippen molar-refractivity contribution in [2.75, 3.05) is 31.6 Å². The molecule has 1 heterocycles. The molecule has 0 saturated carbocycles. The van der Waals surface area contributed by atoms with Gasteiger partial charge in [-0.05, 0) is 38.1 Å². The molecule has 1 unspecified atom stereocenters. The van der Waals surface area contributed by atoms with Crippen LogP contribution in [0.4, 0.5) is 5.69 Å². The summed E-state index contributed by atoms with van der Waals surface area (Å²) in [4.78, 5) is 15.3. The van der Waals surface area contributed by atoms with Crippen LogP contribution in [0.25, 0.3) is 0 Å². The molecule has 0 aromatic heterocycles. The zero-order valence-electron chi connectivity index (χ0n) is 11.2. The van der Waals surface area contributed by atoms with Gasteiger partial charge in [-0.25, -0.2) is 0 Å². The third-order valence-electron chi connectivity index (χ3n) is 3.85. The summed E-state index contributed by atoms with van der Waals surface area (Å²) in [6.07, 6.45) is 0. The Kier molecular flexibility index (Phi) is 3.57. The molecule has 4 nitrogen and oxygen atoms in total. The van der Waals surface area contributed by atoms with Crippen LogP contribution in [0.5, 0.6) is 0 Å². The van der Waals surface area contributed by atoms with E-state index in [1.807, 2.05) is 18.0 Å². The van der Waals surface area contributed by atoms with E-state index in [4.69, 9.17) is 0 Å². The molecule has 1 aromatic rings. The molecule has 0 spiro atoms. The second kappa shape index (κ2) is 4.98. The Morgan fingerprint density at radius 1 is 1.33 bits per heavy atom. The molecule has 1 fully saturated rings. The van der Waals surface area contributed by atoms with Crippen LogP contribution in [-0.4, -0.2) is 48.7 Å². The van der Waals surface area contributed by atoms with E-state index in [1.165, 1.54) is 11.1 Å². The standard InChI is InChI=1S/C14H20N2O2/c1-10-5-4-6-12(11(10)2)16-8-7-15(3)13(9-16)14(17)18/h4-6,13H,7-9H2,1-3H3,(H,17,18). The van der Waals surface area contributed by atoms with Crippen LogP contribution < -0.4 is 4.90 Å². The molecule has 18 heavy (non-hydrogen) atoms. The third-order valence-corrected chi connectivity index (χ3v) is 3.85. The van der Waals surface area contributed by atoms with Crippen LogP contribution in [0.3, 0.4) is 0 Å². The second-order valence-corrected chi connectivity index (χ2v) is 5.00. The Morgan fingerprint density at radius 2 is 2.06 bits per heavy atom. The number of hydrogen-bond donors (Lipinski definition) is 1. The molecular weight excluding hydrogens is 228 g/mol. The Bertz CT molecular complexity index is 459. The second-order valence-electron chi connectivity index (χ2n) is 5.00. The van der Waals surface area contributed by atoms with Crippen molar-refractivity contribution in [2.45, 2.75) is 19.9 Å². The van der Waals surface area contributed by atoms with Gasteiger partial charge in [0.05, 0.1) is 0 Å². The SMILES string of the molecule is Cc1cccc(N2CCN(C)C(C(=O)O)C2)c1C. The van der Waals surface area contributed by atoms with Gasteiger partial charge in [0, 0.05) is 25.3 Å². The Balaban J connectivity index is 2.24. The average Bonchev–Trinajstić information content (AvgIpc) is 2.33. The molecule has 1 saturated heterocycles. The van der Waals surface area contributed by atoms with E-state index in [2.05, 4.69) is 30.9 Å². The lowest BCUT2D eigenvalue weighted by Gasteiger charge is -2.39. The van der Waals surface area contributed by atoms with Crippen molar-refractivity contribution < 1.29 is 9.90 Å². The van der Waals surface area contributed by atoms with Gasteiger partial charge in [0.1, 0.15) is 6.04 Å². The number of nitrogens with zero attached hydrogens (tertiary/aromatic N) is 2. The van der Waals surface area contributed by atoms with E-state index in [1.54, 1.807) is 0 Å². The first-order valence-corrected chi connectivity index (χ1v) is 6.25. The number of aryl methyl sites for hydroxylation is 1. The summed E-state index contributed by atoms with van der Waals surface area (Å²) < 4.78 is 0. The Morgan fingerprint density at radius 3 is 2.72 bits per heavy atom. The number of anilines is 1. The molecule has 1 aliphatic rings. The fourth-order valence-corrected chi connectivity index (χ4v) is 2.44. The van der Waals surface area contributed by atoms with E-state index in [9.17, 15) is 9.90 Å². The maximum absolute atomic E-state index is 11.2. The van der Waals surface area contributed by atoms with E-state index in [0.717, 1.165) is 18.8 Å². The summed E-state index contributed by atoms with van der Waals surface area (Å²) in [7, 11) is 1.87. The number of likely N-dealkylation sites (N-methyl/N-ethyl adjacent to an activating group) is 1. The maximum atomic E-state index is 11.2. The topological polar surface area (TPSA) is 43.8 Å². The number of rotatable bonds is 2. The smallest absolute Gasteiger partial charge is 0.322 e. The van der Waals surface area contributed by atoms with Gasteiger partial charge in [0.15, 0.2) is 0 Å². The largest absolute Gasteiger partial charge is 0.480 e. The monoisotopic (exact) mass is 248 g/mol. The van der Waals surface area contributed by atoms with Gasteiger partial charge in [-0.15, -0.1) is 0 Å². The molecule has 98 valence electrons. The van der Waals surface area contributed by atoms with Gasteiger partial charge in [0.2, 0.25) is 0 Å². The van der Waals surface area contributed by atoms with E-state index >= 15 is 0 Å². The normalized spacial score (nSPS) is 21.1. The van der Waals surface area contributed by atoms with Crippen LogP contribution in [-0.2, 0) is 4.79 Å². The van der Waals surface area contributed by atoms with E-state index in [0.29, 0.717) is 6.54 Å². The fraction of sp³-hybridized carbons (Fsp3) is 0.500. The molecule has 0 aliphatic carbocycles. The maximum Gasteiger partial charge on any atom is 0.322 e. The molecule has 2 rings (SSSR count). The predicted molar refractivity (Wildman–Crippen MR) is 72.2 cm³/mol. The van der Waals surface area contributed by atoms with Crippen molar-refractivity contribution in [2.24, 2.45) is 0 Å². The van der Waals surface area contributed by atoms with E-state index < -0.39 is 12.0 Å². The van der Waals surface area contributed by atoms with Crippen LogP contribution in [0.1, 0.15) is 11.1 Å². The molecule has 0 radical (unpaired) electrons. The molecule has 0 amide bonds. The molecule has 0 bridgehead atoms. The minimum Gasteiger partial charge on any atom is -0.480 e. The fourth-order valence-electron chi connectivity index (χ4n) is 2.44. The van der Waals surface area contributed by atoms with Gasteiger partial charge >= 0.3 is 5.97 Å². The molecular formula is C14H20N2O2. The summed E-state index contributed by atoms with van der Waals surface area (Å²) in [5.41, 5.74) is 3.65. The van der Waals surface area contributed by atoms with Crippen LogP contribution in [0.15, 0.2) is 18.2 Å². The highest BCUT2D eigenvalue weighted by molar-refractivity contribution is 5.75. The number of aliphatic carboxylic acids is 1. The summed E-state index contributed by atoms with van der Waals surface area (Å²) in [5.74, 6) is -0.743. The molecule has 4 heteroatoms. The summed E-state index contributed by atoms with van der Waals surface area (Å²) in [5, 5.41) is 9.23. The van der Waals surface area contributed by atoms with Crippen molar-refractivity contribution in [3.05, 3.63) is 29.3 Å². The van der Waals surface area contributed by atoms with Gasteiger partial charge in [0.25, 0.3) is 0 Å². The lowest BCUT2D eigenvalue weighted by molar-refractivity contribution is -0.142. The highest BCUT2D eigenvalue weighted by Gasteiger charge is 2.30. The van der Waals surface area contributed by atoms with E-state index in [-0.39, 0.29) is 0 Å². The number of carboxylic acid groups (broad SMARTS) is 1. The van der Waals surface area contributed by atoms with Crippen molar-refractivity contribution >= 4 is 11.7 Å². The quantitative estimate of drug-likeness (QED) is 0.861. The predicted octanol–water partition coefficient (Wildman–Crippen LogP) is 1.51. The molecule has 1 aliphatic heterocycles. The first-order chi connectivity index (χ1) is 8.50. The van der Waals surface area contributed by atoms with Crippen molar-refractivity contribution in [1.29, 1.82) is 0 Å². The highest BCUT2D eigenvalue weighted by atomic mass is 16.4. The van der Waals surface area contributed by atoms with Crippen molar-refractivity contribution in [1.82, 2.24) is 4.90 Å². The third kappa shape index (κ3) is 2.34. The summed E-state index contributed by atoms with van der Waals surface area (Å²) >= 11 is 0. The van der Waals surface area contributed by atoms with Crippen molar-refractivity contribution in [3.8, 4) is 0 Å². The van der Waals surface area contributed by atoms with Gasteiger partial charge in [-0.2, -0.15) is 0 Å². The average molecular weight is 248 g/mol. The van der Waals surface area contributed by atoms with Crippen LogP contribution in [0, 0.1) is 13.8 Å². The first-order valence-electron chi connectivity index (χ1n) is 6.25. The number of piperazine rings is 1. The lowest BCUT2D eigenvalue weighted by atomic mass is 10.1. The lowest BCUT2D eigenvalue weighted by Crippen LogP contribution is -2.55. The van der Waals surface area contributed by atoms with Crippen LogP contribution in [0.2, 0.25) is 0 Å². The van der Waals surface area contributed by atoms with Crippen LogP contribution >= 0.6 is 0 Å². The highest BCUT2D eigenvalue weighted by Crippen LogP contribution is 2.25. The summed E-state index contributed by atoms with van der Waals surface area (Å²) in [6, 6.07) is 5.78. The minimum absolute atomic E-state index is 0.418. The number of carboxylic acids is 1. The first kappa shape index (κ1) is 12.9. The minimum atomic E-state index is -0.743. The number of benzene rings is 1. The molecule has 1 N–H and O–H groups in total. The molecule has 1 aromatic carbocycles. The Hall–Kier alpha value is -1.55. The number of carbonyl (C=O) groups is 1. The zero-order valence-corrected chi connectivity index (χ0v) is 11.2.